The summed E-state index contributed by atoms with van der Waals surface area (Å²) in [6.45, 7) is 5.97. The summed E-state index contributed by atoms with van der Waals surface area (Å²) in [5.74, 6) is -0.420. The Morgan fingerprint density at radius 3 is 2.47 bits per heavy atom. The fourth-order valence-corrected chi connectivity index (χ4v) is 4.68. The Morgan fingerprint density at radius 2 is 1.87 bits per heavy atom. The number of esters is 1. The maximum Gasteiger partial charge on any atom is 0.416 e. The van der Waals surface area contributed by atoms with Crippen molar-refractivity contribution in [2.45, 2.75) is 20.0 Å². The first-order valence-corrected chi connectivity index (χ1v) is 10.5. The maximum absolute atomic E-state index is 13.0. The van der Waals surface area contributed by atoms with Crippen molar-refractivity contribution in [3.05, 3.63) is 45.8 Å². The van der Waals surface area contributed by atoms with Gasteiger partial charge in [-0.25, -0.2) is 4.79 Å². The van der Waals surface area contributed by atoms with Crippen molar-refractivity contribution in [2.75, 3.05) is 43.5 Å². The van der Waals surface area contributed by atoms with E-state index < -0.39 is 17.7 Å². The molecule has 0 radical (unpaired) electrons. The van der Waals surface area contributed by atoms with Crippen LogP contribution in [0.15, 0.2) is 24.3 Å². The number of methoxy groups -OCH3 is 1. The Bertz CT molecular complexity index is 951. The second-order valence-electron chi connectivity index (χ2n) is 6.93. The molecule has 0 unspecified atom stereocenters. The summed E-state index contributed by atoms with van der Waals surface area (Å²) in [6.07, 6.45) is -4.36. The molecular formula is C20H22F3N3O2S2. The number of aryl methyl sites for hydroxylation is 1. The van der Waals surface area contributed by atoms with Gasteiger partial charge in [0, 0.05) is 36.7 Å². The second kappa shape index (κ2) is 8.81. The highest BCUT2D eigenvalue weighted by Crippen LogP contribution is 2.34. The predicted octanol–water partition coefficient (Wildman–Crippen LogP) is 4.69. The van der Waals surface area contributed by atoms with Gasteiger partial charge in [0.15, 0.2) is 5.11 Å². The highest BCUT2D eigenvalue weighted by molar-refractivity contribution is 7.80. The van der Waals surface area contributed by atoms with Gasteiger partial charge in [-0.05, 0) is 49.8 Å². The zero-order chi connectivity index (χ0) is 22.1. The van der Waals surface area contributed by atoms with E-state index in [9.17, 15) is 18.0 Å². The van der Waals surface area contributed by atoms with Gasteiger partial charge in [-0.15, -0.1) is 11.3 Å². The number of carbonyl (C=O) groups is 1. The number of piperazine rings is 1. The highest BCUT2D eigenvalue weighted by atomic mass is 32.1. The number of rotatable bonds is 3. The summed E-state index contributed by atoms with van der Waals surface area (Å²) < 4.78 is 43.8. The summed E-state index contributed by atoms with van der Waals surface area (Å²) in [7, 11) is 1.34. The standard InChI is InChI=1S/C20H22F3N3O2S2/c1-12-13(2)30-17(16(12)18(27)28-3)24-19(29)26-9-7-25(8-10-26)15-6-4-5-14(11-15)20(21,22)23/h4-6,11H,7-10H2,1-3H3,(H,24,29). The molecule has 1 aliphatic rings. The summed E-state index contributed by atoms with van der Waals surface area (Å²) in [6, 6.07) is 5.35. The van der Waals surface area contributed by atoms with Crippen LogP contribution in [0.4, 0.5) is 23.9 Å². The van der Waals surface area contributed by atoms with Crippen LogP contribution in [0.2, 0.25) is 0 Å². The molecule has 1 aromatic heterocycles. The number of thiophene rings is 1. The minimum Gasteiger partial charge on any atom is -0.465 e. The summed E-state index contributed by atoms with van der Waals surface area (Å²) in [5, 5.41) is 4.27. The normalized spacial score (nSPS) is 14.6. The lowest BCUT2D eigenvalue weighted by molar-refractivity contribution is -0.137. The van der Waals surface area contributed by atoms with E-state index in [2.05, 4.69) is 5.32 Å². The van der Waals surface area contributed by atoms with Gasteiger partial charge in [-0.3, -0.25) is 0 Å². The van der Waals surface area contributed by atoms with Gasteiger partial charge in [0.25, 0.3) is 0 Å². The number of hydrogen-bond donors (Lipinski definition) is 1. The predicted molar refractivity (Wildman–Crippen MR) is 117 cm³/mol. The Labute approximate surface area is 182 Å². The largest absolute Gasteiger partial charge is 0.465 e. The van der Waals surface area contributed by atoms with Crippen molar-refractivity contribution >= 4 is 45.3 Å². The van der Waals surface area contributed by atoms with Crippen LogP contribution in [0, 0.1) is 13.8 Å². The minimum absolute atomic E-state index is 0.420. The van der Waals surface area contributed by atoms with Crippen molar-refractivity contribution in [3.8, 4) is 0 Å². The Morgan fingerprint density at radius 1 is 1.20 bits per heavy atom. The van der Waals surface area contributed by atoms with Gasteiger partial charge in [-0.1, -0.05) is 6.07 Å². The molecule has 1 N–H and O–H groups in total. The number of ether oxygens (including phenoxy) is 1. The van der Waals surface area contributed by atoms with E-state index in [4.69, 9.17) is 17.0 Å². The van der Waals surface area contributed by atoms with E-state index in [1.807, 2.05) is 23.6 Å². The zero-order valence-corrected chi connectivity index (χ0v) is 18.4. The molecule has 10 heteroatoms. The van der Waals surface area contributed by atoms with Gasteiger partial charge < -0.3 is 19.9 Å². The number of carbonyl (C=O) groups excluding carboxylic acids is 1. The first kappa shape index (κ1) is 22.4. The molecule has 1 fully saturated rings. The van der Waals surface area contributed by atoms with Crippen molar-refractivity contribution in [3.63, 3.8) is 0 Å². The number of nitrogens with one attached hydrogen (secondary N) is 1. The van der Waals surface area contributed by atoms with Gasteiger partial charge in [0.2, 0.25) is 0 Å². The zero-order valence-electron chi connectivity index (χ0n) is 16.8. The number of benzene rings is 1. The molecule has 0 amide bonds. The number of alkyl halides is 3. The molecular weight excluding hydrogens is 435 g/mol. The molecule has 0 saturated carbocycles. The van der Waals surface area contributed by atoms with E-state index in [1.54, 1.807) is 6.07 Å². The molecule has 2 heterocycles. The van der Waals surface area contributed by atoms with Crippen molar-refractivity contribution in [2.24, 2.45) is 0 Å². The van der Waals surface area contributed by atoms with Crippen LogP contribution in [-0.4, -0.2) is 49.3 Å². The number of halogens is 3. The fourth-order valence-electron chi connectivity index (χ4n) is 3.29. The lowest BCUT2D eigenvalue weighted by atomic mass is 10.1. The number of thiocarbonyl (C=S) groups is 1. The molecule has 0 bridgehead atoms. The third kappa shape index (κ3) is 4.70. The molecule has 30 heavy (non-hydrogen) atoms. The SMILES string of the molecule is COC(=O)c1c(NC(=S)N2CCN(c3cccc(C(F)(F)F)c3)CC2)sc(C)c1C. The molecule has 1 aliphatic heterocycles. The summed E-state index contributed by atoms with van der Waals surface area (Å²) in [5.41, 5.74) is 1.22. The Hall–Kier alpha value is -2.33. The van der Waals surface area contributed by atoms with Crippen molar-refractivity contribution in [1.29, 1.82) is 0 Å². The van der Waals surface area contributed by atoms with Gasteiger partial charge in [0.05, 0.1) is 18.2 Å². The fraction of sp³-hybridized carbons (Fsp3) is 0.400. The molecule has 162 valence electrons. The van der Waals surface area contributed by atoms with Crippen LogP contribution in [0.3, 0.4) is 0 Å². The molecule has 1 aromatic carbocycles. The first-order valence-electron chi connectivity index (χ1n) is 9.28. The monoisotopic (exact) mass is 457 g/mol. The lowest BCUT2D eigenvalue weighted by Gasteiger charge is -2.37. The number of anilines is 2. The van der Waals surface area contributed by atoms with Crippen LogP contribution in [0.1, 0.15) is 26.4 Å². The van der Waals surface area contributed by atoms with Crippen molar-refractivity contribution < 1.29 is 22.7 Å². The number of nitrogens with zero attached hydrogens (tertiary/aromatic N) is 2. The lowest BCUT2D eigenvalue weighted by Crippen LogP contribution is -2.50. The average Bonchev–Trinajstić information content (AvgIpc) is 3.00. The van der Waals surface area contributed by atoms with E-state index >= 15 is 0 Å². The summed E-state index contributed by atoms with van der Waals surface area (Å²) in [4.78, 5) is 17.0. The third-order valence-electron chi connectivity index (χ3n) is 5.10. The van der Waals surface area contributed by atoms with E-state index in [-0.39, 0.29) is 0 Å². The van der Waals surface area contributed by atoms with Crippen LogP contribution in [0.25, 0.3) is 0 Å². The van der Waals surface area contributed by atoms with Crippen LogP contribution < -0.4 is 10.2 Å². The molecule has 2 aromatic rings. The molecule has 5 nitrogen and oxygen atoms in total. The van der Waals surface area contributed by atoms with Gasteiger partial charge >= 0.3 is 12.1 Å². The quantitative estimate of drug-likeness (QED) is 0.533. The van der Waals surface area contributed by atoms with E-state index in [0.717, 1.165) is 16.5 Å². The maximum atomic E-state index is 13.0. The Balaban J connectivity index is 1.66. The molecule has 3 rings (SSSR count). The molecule has 1 saturated heterocycles. The van der Waals surface area contributed by atoms with E-state index in [0.29, 0.717) is 47.5 Å². The molecule has 0 atom stereocenters. The highest BCUT2D eigenvalue weighted by Gasteiger charge is 2.31. The first-order chi connectivity index (χ1) is 14.1. The molecule has 0 aliphatic carbocycles. The summed E-state index contributed by atoms with van der Waals surface area (Å²) >= 11 is 6.95. The van der Waals surface area contributed by atoms with Gasteiger partial charge in [-0.2, -0.15) is 13.2 Å². The van der Waals surface area contributed by atoms with E-state index in [1.165, 1.54) is 30.6 Å². The van der Waals surface area contributed by atoms with Crippen molar-refractivity contribution in [1.82, 2.24) is 4.90 Å². The van der Waals surface area contributed by atoms with Crippen LogP contribution in [0.5, 0.6) is 0 Å². The Kier molecular flexibility index (Phi) is 6.56. The minimum atomic E-state index is -4.36. The van der Waals surface area contributed by atoms with Gasteiger partial charge in [0.1, 0.15) is 5.00 Å². The number of hydrogen-bond acceptors (Lipinski definition) is 5. The topological polar surface area (TPSA) is 44.8 Å². The average molecular weight is 458 g/mol. The third-order valence-corrected chi connectivity index (χ3v) is 6.58. The molecule has 0 spiro atoms. The van der Waals surface area contributed by atoms with Crippen LogP contribution in [-0.2, 0) is 10.9 Å². The van der Waals surface area contributed by atoms with Crippen LogP contribution >= 0.6 is 23.6 Å². The second-order valence-corrected chi connectivity index (χ2v) is 8.54. The smallest absolute Gasteiger partial charge is 0.416 e.